The lowest BCUT2D eigenvalue weighted by molar-refractivity contribution is -0.549. The number of carbonyl (C=O) groups is 1. The van der Waals surface area contributed by atoms with Gasteiger partial charge in [-0.15, -0.1) is 0 Å². The van der Waals surface area contributed by atoms with Crippen molar-refractivity contribution in [2.75, 3.05) is 0 Å². The molecule has 120 valence electrons. The maximum atomic E-state index is 11.9. The van der Waals surface area contributed by atoms with Gasteiger partial charge in [-0.1, -0.05) is 18.2 Å². The largest absolute Gasteiger partial charge is 0.465 e. The molecular weight excluding hydrogens is 302 g/mol. The van der Waals surface area contributed by atoms with E-state index >= 15 is 0 Å². The zero-order valence-electron chi connectivity index (χ0n) is 12.1. The lowest BCUT2D eigenvalue weighted by Crippen LogP contribution is -2.56. The second-order valence-electron chi connectivity index (χ2n) is 6.37. The molecule has 5 unspecified atom stereocenters. The fraction of sp³-hybridized carbons (Fsp3) is 0.438. The molecule has 1 aromatic carbocycles. The molecule has 1 aromatic rings. The Morgan fingerprint density at radius 1 is 1.35 bits per heavy atom. The van der Waals surface area contributed by atoms with Crippen LogP contribution in [0.3, 0.4) is 0 Å². The van der Waals surface area contributed by atoms with Gasteiger partial charge in [0.25, 0.3) is 0 Å². The molecule has 7 heteroatoms. The van der Waals surface area contributed by atoms with Gasteiger partial charge in [0, 0.05) is 28.7 Å². The minimum Gasteiger partial charge on any atom is -0.465 e. The number of benzene rings is 1. The topological polar surface area (TPSA) is 110 Å². The molecule has 1 heterocycles. The van der Waals surface area contributed by atoms with Gasteiger partial charge in [0.2, 0.25) is 6.04 Å². The molecule has 1 aliphatic heterocycles. The van der Waals surface area contributed by atoms with Crippen LogP contribution in [0.25, 0.3) is 0 Å². The Labute approximate surface area is 131 Å². The minimum atomic E-state index is -1.31. The molecule has 3 aliphatic rings. The van der Waals surface area contributed by atoms with E-state index in [2.05, 4.69) is 0 Å². The van der Waals surface area contributed by atoms with Gasteiger partial charge in [0.1, 0.15) is 11.9 Å². The highest BCUT2D eigenvalue weighted by Crippen LogP contribution is 2.57. The Morgan fingerprint density at radius 3 is 2.87 bits per heavy atom. The standard InChI is InChI=1S/C16H15NO6/c18-8-4-5-16-7-12(19)23-11-3-1-2-9(13(11)16)15(20)14(17(21)22)10(16)6-8/h1-5,10,12,14-15,19-20H,6-7H2. The number of hydrogen-bond donors (Lipinski definition) is 2. The fourth-order valence-electron chi connectivity index (χ4n) is 4.38. The average Bonchev–Trinajstić information content (AvgIpc) is 2.49. The summed E-state index contributed by atoms with van der Waals surface area (Å²) in [5.74, 6) is -0.509. The summed E-state index contributed by atoms with van der Waals surface area (Å²) in [5.41, 5.74) is 0.227. The van der Waals surface area contributed by atoms with Crippen LogP contribution in [0.5, 0.6) is 5.75 Å². The normalized spacial score (nSPS) is 37.6. The van der Waals surface area contributed by atoms with Crippen molar-refractivity contribution in [3.05, 3.63) is 51.6 Å². The Morgan fingerprint density at radius 2 is 2.13 bits per heavy atom. The van der Waals surface area contributed by atoms with Crippen molar-refractivity contribution in [2.45, 2.75) is 36.7 Å². The maximum Gasteiger partial charge on any atom is 0.247 e. The first-order valence-electron chi connectivity index (χ1n) is 7.46. The van der Waals surface area contributed by atoms with Gasteiger partial charge in [0.05, 0.1) is 5.92 Å². The second-order valence-corrected chi connectivity index (χ2v) is 6.37. The molecule has 0 amide bonds. The van der Waals surface area contributed by atoms with Gasteiger partial charge < -0.3 is 14.9 Å². The smallest absolute Gasteiger partial charge is 0.247 e. The lowest BCUT2D eigenvalue weighted by atomic mass is 9.55. The van der Waals surface area contributed by atoms with E-state index in [9.17, 15) is 25.1 Å². The number of ether oxygens (including phenoxy) is 1. The first-order chi connectivity index (χ1) is 10.9. The molecule has 23 heavy (non-hydrogen) atoms. The third-order valence-electron chi connectivity index (χ3n) is 5.25. The number of aliphatic hydroxyl groups excluding tert-OH is 2. The third kappa shape index (κ3) is 1.80. The summed E-state index contributed by atoms with van der Waals surface area (Å²) in [5, 5.41) is 32.2. The number of carbonyl (C=O) groups excluding carboxylic acids is 1. The maximum absolute atomic E-state index is 11.9. The molecule has 2 aliphatic carbocycles. The van der Waals surface area contributed by atoms with E-state index in [0.717, 1.165) is 0 Å². The zero-order valence-corrected chi connectivity index (χ0v) is 12.1. The summed E-state index contributed by atoms with van der Waals surface area (Å²) >= 11 is 0. The first-order valence-corrected chi connectivity index (χ1v) is 7.46. The van der Waals surface area contributed by atoms with E-state index in [4.69, 9.17) is 4.74 Å². The van der Waals surface area contributed by atoms with Crippen molar-refractivity contribution in [1.29, 1.82) is 0 Å². The van der Waals surface area contributed by atoms with E-state index in [1.165, 1.54) is 6.08 Å². The molecule has 0 aromatic heterocycles. The van der Waals surface area contributed by atoms with Crippen LogP contribution in [-0.4, -0.2) is 33.3 Å². The highest BCUT2D eigenvalue weighted by atomic mass is 16.6. The van der Waals surface area contributed by atoms with Crippen LogP contribution in [0.1, 0.15) is 30.1 Å². The van der Waals surface area contributed by atoms with Crippen molar-refractivity contribution in [2.24, 2.45) is 5.92 Å². The van der Waals surface area contributed by atoms with E-state index in [0.29, 0.717) is 16.9 Å². The summed E-state index contributed by atoms with van der Waals surface area (Å²) in [6.07, 6.45) is 0.753. The summed E-state index contributed by atoms with van der Waals surface area (Å²) in [6, 6.07) is 3.65. The molecule has 0 saturated heterocycles. The van der Waals surface area contributed by atoms with Crippen molar-refractivity contribution in [1.82, 2.24) is 0 Å². The number of hydrogen-bond acceptors (Lipinski definition) is 6. The third-order valence-corrected chi connectivity index (χ3v) is 5.25. The van der Waals surface area contributed by atoms with Gasteiger partial charge in [0.15, 0.2) is 12.1 Å². The molecule has 0 bridgehead atoms. The van der Waals surface area contributed by atoms with Gasteiger partial charge in [-0.25, -0.2) is 0 Å². The fourth-order valence-corrected chi connectivity index (χ4v) is 4.38. The van der Waals surface area contributed by atoms with E-state index in [-0.39, 0.29) is 18.6 Å². The van der Waals surface area contributed by atoms with E-state index in [1.807, 2.05) is 0 Å². The SMILES string of the molecule is O=C1C=CC23CC(O)Oc4cccc(c42)C(O)C([N+](=O)[O-])C3C1. The number of nitrogens with zero attached hydrogens (tertiary/aromatic N) is 1. The molecule has 0 radical (unpaired) electrons. The van der Waals surface area contributed by atoms with Gasteiger partial charge >= 0.3 is 0 Å². The van der Waals surface area contributed by atoms with Gasteiger partial charge in [-0.05, 0) is 17.7 Å². The summed E-state index contributed by atoms with van der Waals surface area (Å²) in [6.45, 7) is 0. The molecule has 0 fully saturated rings. The predicted molar refractivity (Wildman–Crippen MR) is 77.4 cm³/mol. The van der Waals surface area contributed by atoms with Crippen LogP contribution in [0.4, 0.5) is 0 Å². The number of ketones is 1. The molecule has 2 N–H and O–H groups in total. The lowest BCUT2D eigenvalue weighted by Gasteiger charge is -2.50. The van der Waals surface area contributed by atoms with Gasteiger partial charge in [-0.2, -0.15) is 0 Å². The second kappa shape index (κ2) is 4.62. The van der Waals surface area contributed by atoms with Crippen LogP contribution in [0, 0.1) is 16.0 Å². The minimum absolute atomic E-state index is 0.0281. The predicted octanol–water partition coefficient (Wildman–Crippen LogP) is 0.863. The molecule has 4 rings (SSSR count). The molecule has 0 saturated carbocycles. The van der Waals surface area contributed by atoms with Crippen LogP contribution >= 0.6 is 0 Å². The average molecular weight is 317 g/mol. The molecule has 7 nitrogen and oxygen atoms in total. The Bertz CT molecular complexity index is 744. The number of allylic oxidation sites excluding steroid dienone is 2. The Balaban J connectivity index is 2.04. The van der Waals surface area contributed by atoms with Crippen LogP contribution in [0.15, 0.2) is 30.4 Å². The van der Waals surface area contributed by atoms with Crippen molar-refractivity contribution in [3.63, 3.8) is 0 Å². The van der Waals surface area contributed by atoms with Crippen molar-refractivity contribution < 1.29 is 24.7 Å². The highest BCUT2D eigenvalue weighted by Gasteiger charge is 2.60. The Hall–Kier alpha value is -2.25. The molecule has 5 atom stereocenters. The monoisotopic (exact) mass is 317 g/mol. The van der Waals surface area contributed by atoms with E-state index < -0.39 is 34.7 Å². The van der Waals surface area contributed by atoms with Crippen molar-refractivity contribution in [3.8, 4) is 5.75 Å². The quantitative estimate of drug-likeness (QED) is 0.587. The van der Waals surface area contributed by atoms with Crippen molar-refractivity contribution >= 4 is 5.78 Å². The number of nitro groups is 1. The number of rotatable bonds is 1. The number of aliphatic hydroxyl groups is 2. The molecular formula is C16H15NO6. The summed E-state index contributed by atoms with van der Waals surface area (Å²) in [4.78, 5) is 22.9. The first kappa shape index (κ1) is 14.3. The molecule has 1 spiro atoms. The van der Waals surface area contributed by atoms with Crippen LogP contribution in [-0.2, 0) is 10.2 Å². The Kier molecular flexibility index (Phi) is 2.88. The van der Waals surface area contributed by atoms with Crippen LogP contribution < -0.4 is 4.74 Å². The summed E-state index contributed by atoms with van der Waals surface area (Å²) in [7, 11) is 0. The summed E-state index contributed by atoms with van der Waals surface area (Å²) < 4.78 is 5.45. The van der Waals surface area contributed by atoms with Crippen LogP contribution in [0.2, 0.25) is 0 Å². The zero-order chi connectivity index (χ0) is 16.4. The highest BCUT2D eigenvalue weighted by molar-refractivity contribution is 5.92. The van der Waals surface area contributed by atoms with E-state index in [1.54, 1.807) is 24.3 Å². The van der Waals surface area contributed by atoms with Gasteiger partial charge in [-0.3, -0.25) is 14.9 Å².